The number of benzene rings is 1. The summed E-state index contributed by atoms with van der Waals surface area (Å²) in [6, 6.07) is 7.39. The molecule has 1 rings (SSSR count). The Bertz CT molecular complexity index is 940. The second-order valence-electron chi connectivity index (χ2n) is 11.5. The van der Waals surface area contributed by atoms with Crippen molar-refractivity contribution in [1.29, 1.82) is 0 Å². The SMILES string of the molecule is CN[C@H](C(=O)N[C@H](C(=O)N(C)[C@H](C(=O)N(C)CC(=O)OC)C(C)C)C(C)(C)C)C(C)(C)c1ccccc1. The number of nitrogens with zero attached hydrogens (tertiary/aromatic N) is 2. The van der Waals surface area contributed by atoms with Crippen LogP contribution in [0.2, 0.25) is 0 Å². The van der Waals surface area contributed by atoms with Crippen molar-refractivity contribution in [1.82, 2.24) is 20.4 Å². The van der Waals surface area contributed by atoms with Crippen LogP contribution in [0.1, 0.15) is 54.0 Å². The predicted octanol–water partition coefficient (Wildman–Crippen LogP) is 2.20. The highest BCUT2D eigenvalue weighted by atomic mass is 16.5. The Morgan fingerprint density at radius 2 is 1.46 bits per heavy atom. The Balaban J connectivity index is 3.27. The smallest absolute Gasteiger partial charge is 0.325 e. The minimum absolute atomic E-state index is 0.224. The lowest BCUT2D eigenvalue weighted by molar-refractivity contribution is -0.152. The molecule has 1 aromatic rings. The number of amides is 3. The molecule has 0 unspecified atom stereocenters. The summed E-state index contributed by atoms with van der Waals surface area (Å²) in [4.78, 5) is 55.0. The molecule has 0 saturated carbocycles. The van der Waals surface area contributed by atoms with Crippen LogP contribution in [0, 0.1) is 11.3 Å². The van der Waals surface area contributed by atoms with Gasteiger partial charge < -0.3 is 25.2 Å². The molecule has 3 amide bonds. The van der Waals surface area contributed by atoms with Crippen LogP contribution in [0.3, 0.4) is 0 Å². The van der Waals surface area contributed by atoms with Crippen molar-refractivity contribution in [2.24, 2.45) is 11.3 Å². The van der Waals surface area contributed by atoms with E-state index in [4.69, 9.17) is 0 Å². The predicted molar refractivity (Wildman–Crippen MR) is 145 cm³/mol. The Morgan fingerprint density at radius 3 is 1.89 bits per heavy atom. The number of esters is 1. The van der Waals surface area contributed by atoms with Gasteiger partial charge in [0.1, 0.15) is 18.6 Å². The maximum atomic E-state index is 13.8. The fourth-order valence-corrected chi connectivity index (χ4v) is 4.53. The van der Waals surface area contributed by atoms with Gasteiger partial charge in [0.05, 0.1) is 13.2 Å². The highest BCUT2D eigenvalue weighted by Crippen LogP contribution is 2.29. The van der Waals surface area contributed by atoms with Crippen LogP contribution in [0.5, 0.6) is 0 Å². The maximum absolute atomic E-state index is 13.8. The van der Waals surface area contributed by atoms with E-state index in [0.717, 1.165) is 5.56 Å². The zero-order chi connectivity index (χ0) is 28.7. The molecule has 0 bridgehead atoms. The van der Waals surface area contributed by atoms with Crippen LogP contribution in [0.25, 0.3) is 0 Å². The first kappa shape index (κ1) is 32.1. The molecule has 0 heterocycles. The average Bonchev–Trinajstić information content (AvgIpc) is 2.81. The topological polar surface area (TPSA) is 108 Å². The summed E-state index contributed by atoms with van der Waals surface area (Å²) in [5, 5.41) is 6.10. The summed E-state index contributed by atoms with van der Waals surface area (Å²) in [7, 11) is 6.04. The molecule has 0 radical (unpaired) electrons. The van der Waals surface area contributed by atoms with Gasteiger partial charge in [-0.1, -0.05) is 78.8 Å². The van der Waals surface area contributed by atoms with E-state index in [9.17, 15) is 19.2 Å². The molecule has 9 heteroatoms. The monoisotopic (exact) mass is 518 g/mol. The van der Waals surface area contributed by atoms with Crippen LogP contribution in [0.4, 0.5) is 0 Å². The van der Waals surface area contributed by atoms with E-state index in [1.54, 1.807) is 14.1 Å². The molecular formula is C28H46N4O5. The Labute approximate surface area is 222 Å². The molecule has 9 nitrogen and oxygen atoms in total. The van der Waals surface area contributed by atoms with Crippen molar-refractivity contribution >= 4 is 23.7 Å². The van der Waals surface area contributed by atoms with E-state index in [1.165, 1.54) is 24.0 Å². The number of carbonyl (C=O) groups is 4. The molecule has 3 atom stereocenters. The third-order valence-electron chi connectivity index (χ3n) is 6.81. The minimum Gasteiger partial charge on any atom is -0.468 e. The van der Waals surface area contributed by atoms with Crippen LogP contribution < -0.4 is 10.6 Å². The minimum atomic E-state index is -0.896. The summed E-state index contributed by atoms with van der Waals surface area (Å²) < 4.78 is 4.67. The molecule has 2 N–H and O–H groups in total. The first-order valence-corrected chi connectivity index (χ1v) is 12.6. The van der Waals surface area contributed by atoms with Gasteiger partial charge in [-0.2, -0.15) is 0 Å². The molecule has 1 aromatic carbocycles. The van der Waals surface area contributed by atoms with Gasteiger partial charge in [0.15, 0.2) is 0 Å². The van der Waals surface area contributed by atoms with Crippen molar-refractivity contribution in [3.63, 3.8) is 0 Å². The normalized spacial score (nSPS) is 14.4. The number of hydrogen-bond acceptors (Lipinski definition) is 6. The maximum Gasteiger partial charge on any atom is 0.325 e. The van der Waals surface area contributed by atoms with Crippen molar-refractivity contribution in [3.05, 3.63) is 35.9 Å². The molecule has 208 valence electrons. The number of carbonyl (C=O) groups excluding carboxylic acids is 4. The Morgan fingerprint density at radius 1 is 0.919 bits per heavy atom. The third kappa shape index (κ3) is 8.02. The number of methoxy groups -OCH3 is 1. The standard InChI is InChI=1S/C28H46N4O5/c1-18(2)21(25(35)31(9)17-20(33)37-11)32(10)26(36)23(27(3,4)5)30-24(34)22(29-8)28(6,7)19-15-13-12-14-16-19/h12-16,18,21-23,29H,17H2,1-11H3,(H,30,34)/t21-,22+,23+/m0/s1. The van der Waals surface area contributed by atoms with Gasteiger partial charge in [0.2, 0.25) is 17.7 Å². The van der Waals surface area contributed by atoms with E-state index in [0.29, 0.717) is 0 Å². The van der Waals surface area contributed by atoms with Gasteiger partial charge in [-0.3, -0.25) is 19.2 Å². The van der Waals surface area contributed by atoms with Crippen molar-refractivity contribution in [2.75, 3.05) is 34.8 Å². The van der Waals surface area contributed by atoms with E-state index in [2.05, 4.69) is 15.4 Å². The lowest BCUT2D eigenvalue weighted by atomic mass is 9.76. The van der Waals surface area contributed by atoms with Gasteiger partial charge in [-0.25, -0.2) is 0 Å². The summed E-state index contributed by atoms with van der Waals surface area (Å²) in [5.41, 5.74) is -0.220. The fraction of sp³-hybridized carbons (Fsp3) is 0.643. The Kier molecular flexibility index (Phi) is 11.3. The molecule has 0 aliphatic carbocycles. The highest BCUT2D eigenvalue weighted by molar-refractivity contribution is 5.94. The number of likely N-dealkylation sites (N-methyl/N-ethyl adjacent to an activating group) is 3. The third-order valence-corrected chi connectivity index (χ3v) is 6.81. The number of ether oxygens (including phenoxy) is 1. The first-order valence-electron chi connectivity index (χ1n) is 12.6. The van der Waals surface area contributed by atoms with Crippen LogP contribution in [-0.4, -0.2) is 86.4 Å². The van der Waals surface area contributed by atoms with Gasteiger partial charge in [-0.15, -0.1) is 0 Å². The summed E-state index contributed by atoms with van der Waals surface area (Å²) in [5.74, 6) is -1.86. The highest BCUT2D eigenvalue weighted by Gasteiger charge is 2.43. The molecule has 0 saturated heterocycles. The summed E-state index contributed by atoms with van der Waals surface area (Å²) in [6.07, 6.45) is 0. The van der Waals surface area contributed by atoms with Crippen LogP contribution in [0.15, 0.2) is 30.3 Å². The van der Waals surface area contributed by atoms with Crippen molar-refractivity contribution in [3.8, 4) is 0 Å². The molecule has 0 aromatic heterocycles. The lowest BCUT2D eigenvalue weighted by Crippen LogP contribution is -2.63. The lowest BCUT2D eigenvalue weighted by Gasteiger charge is -2.40. The summed E-state index contributed by atoms with van der Waals surface area (Å²) in [6.45, 7) is 13.0. The molecular weight excluding hydrogens is 472 g/mol. The quantitative estimate of drug-likeness (QED) is 0.435. The fourth-order valence-electron chi connectivity index (χ4n) is 4.53. The molecule has 0 fully saturated rings. The molecule has 37 heavy (non-hydrogen) atoms. The number of rotatable bonds is 11. The van der Waals surface area contributed by atoms with Gasteiger partial charge in [0, 0.05) is 19.5 Å². The Hall–Kier alpha value is -2.94. The number of nitrogens with one attached hydrogen (secondary N) is 2. The van der Waals surface area contributed by atoms with E-state index in [-0.39, 0.29) is 30.2 Å². The van der Waals surface area contributed by atoms with Gasteiger partial charge >= 0.3 is 5.97 Å². The largest absolute Gasteiger partial charge is 0.468 e. The average molecular weight is 519 g/mol. The zero-order valence-electron chi connectivity index (χ0n) is 24.3. The van der Waals surface area contributed by atoms with Crippen molar-refractivity contribution in [2.45, 2.75) is 72.0 Å². The van der Waals surface area contributed by atoms with Crippen LogP contribution >= 0.6 is 0 Å². The second-order valence-corrected chi connectivity index (χ2v) is 11.5. The van der Waals surface area contributed by atoms with E-state index < -0.39 is 34.9 Å². The molecule has 0 aliphatic heterocycles. The number of hydrogen-bond donors (Lipinski definition) is 2. The second kappa shape index (κ2) is 13.0. The summed E-state index contributed by atoms with van der Waals surface area (Å²) >= 11 is 0. The van der Waals surface area contributed by atoms with E-state index >= 15 is 0 Å². The van der Waals surface area contributed by atoms with Crippen molar-refractivity contribution < 1.29 is 23.9 Å². The molecule has 0 spiro atoms. The van der Waals surface area contributed by atoms with Gasteiger partial charge in [0.25, 0.3) is 0 Å². The van der Waals surface area contributed by atoms with Gasteiger partial charge in [-0.05, 0) is 23.9 Å². The molecule has 0 aliphatic rings. The van der Waals surface area contributed by atoms with Crippen LogP contribution in [-0.2, 0) is 29.3 Å². The van der Waals surface area contributed by atoms with E-state index in [1.807, 2.05) is 78.8 Å². The zero-order valence-corrected chi connectivity index (χ0v) is 24.3. The first-order chi connectivity index (χ1) is 17.0.